The van der Waals surface area contributed by atoms with E-state index in [0.29, 0.717) is 12.1 Å². The van der Waals surface area contributed by atoms with Crippen LogP contribution in [-0.2, 0) is 0 Å². The first-order valence-corrected chi connectivity index (χ1v) is 6.66. The fourth-order valence-corrected chi connectivity index (χ4v) is 2.83. The smallest absolute Gasteiger partial charge is 0.0613 e. The van der Waals surface area contributed by atoms with Gasteiger partial charge in [0.2, 0.25) is 0 Å². The highest BCUT2D eigenvalue weighted by Gasteiger charge is 2.39. The Bertz CT molecular complexity index is 210. The standard InChI is InChI=1S/C13H28N2O/c1-5-11(3)15(4)12-7-8-13(9-12,10-16)14-6-2/h11-12,14,16H,5-10H2,1-4H3. The van der Waals surface area contributed by atoms with Gasteiger partial charge in [-0.15, -0.1) is 0 Å². The second-order valence-corrected chi connectivity index (χ2v) is 5.29. The number of nitrogens with one attached hydrogen (secondary N) is 1. The molecule has 1 saturated carbocycles. The number of aliphatic hydroxyl groups is 1. The summed E-state index contributed by atoms with van der Waals surface area (Å²) in [5.41, 5.74) is -0.0128. The summed E-state index contributed by atoms with van der Waals surface area (Å²) >= 11 is 0. The topological polar surface area (TPSA) is 35.5 Å². The third-order valence-electron chi connectivity index (χ3n) is 4.30. The van der Waals surface area contributed by atoms with Gasteiger partial charge in [-0.05, 0) is 46.2 Å². The minimum atomic E-state index is -0.0128. The Hall–Kier alpha value is -0.120. The van der Waals surface area contributed by atoms with Crippen LogP contribution in [0.1, 0.15) is 46.5 Å². The fourth-order valence-electron chi connectivity index (χ4n) is 2.83. The van der Waals surface area contributed by atoms with Gasteiger partial charge in [0.15, 0.2) is 0 Å². The first-order valence-electron chi connectivity index (χ1n) is 6.66. The lowest BCUT2D eigenvalue weighted by atomic mass is 9.98. The monoisotopic (exact) mass is 228 g/mol. The number of hydrogen-bond donors (Lipinski definition) is 2. The van der Waals surface area contributed by atoms with E-state index in [1.54, 1.807) is 0 Å². The van der Waals surface area contributed by atoms with Crippen LogP contribution in [0, 0.1) is 0 Å². The van der Waals surface area contributed by atoms with Gasteiger partial charge in [0.25, 0.3) is 0 Å². The summed E-state index contributed by atoms with van der Waals surface area (Å²) in [6.45, 7) is 7.85. The Kier molecular flexibility index (Phi) is 5.22. The number of nitrogens with zero attached hydrogens (tertiary/aromatic N) is 1. The molecule has 0 bridgehead atoms. The average molecular weight is 228 g/mol. The van der Waals surface area contributed by atoms with Crippen LogP contribution in [0.3, 0.4) is 0 Å². The molecule has 0 spiro atoms. The Labute approximate surface area is 100 Å². The molecule has 0 aromatic heterocycles. The molecule has 1 aliphatic rings. The van der Waals surface area contributed by atoms with E-state index in [1.165, 1.54) is 12.8 Å². The zero-order chi connectivity index (χ0) is 12.2. The third kappa shape index (κ3) is 2.96. The van der Waals surface area contributed by atoms with Crippen molar-refractivity contribution in [2.24, 2.45) is 0 Å². The second-order valence-electron chi connectivity index (χ2n) is 5.29. The van der Waals surface area contributed by atoms with Crippen molar-refractivity contribution >= 4 is 0 Å². The molecule has 1 rings (SSSR count). The van der Waals surface area contributed by atoms with Gasteiger partial charge in [-0.2, -0.15) is 0 Å². The van der Waals surface area contributed by atoms with Crippen LogP contribution < -0.4 is 5.32 Å². The molecule has 1 fully saturated rings. The van der Waals surface area contributed by atoms with Crippen LogP contribution in [0.15, 0.2) is 0 Å². The maximum Gasteiger partial charge on any atom is 0.0613 e. The molecule has 2 N–H and O–H groups in total. The minimum Gasteiger partial charge on any atom is -0.394 e. The molecule has 1 aliphatic carbocycles. The van der Waals surface area contributed by atoms with Gasteiger partial charge < -0.3 is 15.3 Å². The lowest BCUT2D eigenvalue weighted by molar-refractivity contribution is 0.138. The number of rotatable bonds is 6. The molecule has 0 aromatic carbocycles. The van der Waals surface area contributed by atoms with Gasteiger partial charge in [-0.25, -0.2) is 0 Å². The summed E-state index contributed by atoms with van der Waals surface area (Å²) in [5.74, 6) is 0. The van der Waals surface area contributed by atoms with Gasteiger partial charge in [0.05, 0.1) is 6.61 Å². The zero-order valence-corrected chi connectivity index (χ0v) is 11.3. The van der Waals surface area contributed by atoms with Crippen LogP contribution in [0.4, 0.5) is 0 Å². The second kappa shape index (κ2) is 5.99. The van der Waals surface area contributed by atoms with E-state index in [-0.39, 0.29) is 12.1 Å². The van der Waals surface area contributed by atoms with Crippen molar-refractivity contribution in [3.05, 3.63) is 0 Å². The molecular weight excluding hydrogens is 200 g/mol. The van der Waals surface area contributed by atoms with Crippen molar-refractivity contribution < 1.29 is 5.11 Å². The highest BCUT2D eigenvalue weighted by molar-refractivity contribution is 4.99. The number of likely N-dealkylation sites (N-methyl/N-ethyl adjacent to an activating group) is 1. The third-order valence-corrected chi connectivity index (χ3v) is 4.30. The van der Waals surface area contributed by atoms with Crippen LogP contribution in [0.5, 0.6) is 0 Å². The molecular formula is C13H28N2O. The molecule has 3 nitrogen and oxygen atoms in total. The predicted octanol–water partition coefficient (Wildman–Crippen LogP) is 1.61. The van der Waals surface area contributed by atoms with Crippen molar-refractivity contribution in [1.82, 2.24) is 10.2 Å². The summed E-state index contributed by atoms with van der Waals surface area (Å²) in [6.07, 6.45) is 4.58. The molecule has 0 aromatic rings. The zero-order valence-electron chi connectivity index (χ0n) is 11.3. The van der Waals surface area contributed by atoms with E-state index in [2.05, 4.69) is 38.0 Å². The van der Waals surface area contributed by atoms with Crippen molar-refractivity contribution in [2.75, 3.05) is 20.2 Å². The van der Waals surface area contributed by atoms with Crippen molar-refractivity contribution in [3.8, 4) is 0 Å². The van der Waals surface area contributed by atoms with E-state index in [9.17, 15) is 5.11 Å². The van der Waals surface area contributed by atoms with E-state index >= 15 is 0 Å². The fraction of sp³-hybridized carbons (Fsp3) is 1.00. The molecule has 0 heterocycles. The Morgan fingerprint density at radius 2 is 2.19 bits per heavy atom. The molecule has 3 heteroatoms. The Balaban J connectivity index is 2.56. The van der Waals surface area contributed by atoms with Gasteiger partial charge in [0, 0.05) is 17.6 Å². The van der Waals surface area contributed by atoms with Crippen molar-refractivity contribution in [3.63, 3.8) is 0 Å². The maximum atomic E-state index is 9.56. The molecule has 0 aliphatic heterocycles. The summed E-state index contributed by atoms with van der Waals surface area (Å²) in [7, 11) is 2.22. The Morgan fingerprint density at radius 1 is 1.50 bits per heavy atom. The van der Waals surface area contributed by atoms with Gasteiger partial charge in [-0.1, -0.05) is 13.8 Å². The molecule has 3 unspecified atom stereocenters. The normalized spacial score (nSPS) is 32.2. The highest BCUT2D eigenvalue weighted by Crippen LogP contribution is 2.33. The summed E-state index contributed by atoms with van der Waals surface area (Å²) in [6, 6.07) is 1.27. The average Bonchev–Trinajstić information content (AvgIpc) is 2.72. The maximum absolute atomic E-state index is 9.56. The lowest BCUT2D eigenvalue weighted by Gasteiger charge is -2.33. The van der Waals surface area contributed by atoms with Crippen LogP contribution >= 0.6 is 0 Å². The van der Waals surface area contributed by atoms with Crippen molar-refractivity contribution in [2.45, 2.75) is 64.1 Å². The first kappa shape index (κ1) is 13.9. The van der Waals surface area contributed by atoms with Gasteiger partial charge in [0.1, 0.15) is 0 Å². The molecule has 3 atom stereocenters. The quantitative estimate of drug-likeness (QED) is 0.725. The molecule has 96 valence electrons. The predicted molar refractivity (Wildman–Crippen MR) is 68.6 cm³/mol. The number of aliphatic hydroxyl groups excluding tert-OH is 1. The Morgan fingerprint density at radius 3 is 2.69 bits per heavy atom. The summed E-state index contributed by atoms with van der Waals surface area (Å²) < 4.78 is 0. The van der Waals surface area contributed by atoms with Crippen molar-refractivity contribution in [1.29, 1.82) is 0 Å². The molecule has 0 radical (unpaired) electrons. The molecule has 0 amide bonds. The summed E-state index contributed by atoms with van der Waals surface area (Å²) in [4.78, 5) is 2.48. The van der Waals surface area contributed by atoms with Crippen LogP contribution in [-0.4, -0.2) is 47.8 Å². The van der Waals surface area contributed by atoms with Crippen LogP contribution in [0.25, 0.3) is 0 Å². The minimum absolute atomic E-state index is 0.0128. The van der Waals surface area contributed by atoms with Crippen LogP contribution in [0.2, 0.25) is 0 Å². The highest BCUT2D eigenvalue weighted by atomic mass is 16.3. The first-order chi connectivity index (χ1) is 7.58. The lowest BCUT2D eigenvalue weighted by Crippen LogP contribution is -2.48. The van der Waals surface area contributed by atoms with E-state index in [1.807, 2.05) is 0 Å². The molecule has 0 saturated heterocycles. The number of hydrogen-bond acceptors (Lipinski definition) is 3. The van der Waals surface area contributed by atoms with E-state index in [0.717, 1.165) is 19.4 Å². The van der Waals surface area contributed by atoms with Gasteiger partial charge in [-0.3, -0.25) is 0 Å². The van der Waals surface area contributed by atoms with E-state index < -0.39 is 0 Å². The summed E-state index contributed by atoms with van der Waals surface area (Å²) in [5, 5.41) is 13.0. The molecule has 16 heavy (non-hydrogen) atoms. The van der Waals surface area contributed by atoms with E-state index in [4.69, 9.17) is 0 Å². The largest absolute Gasteiger partial charge is 0.394 e. The SMILES string of the molecule is CCNC1(CO)CCC(N(C)C(C)CC)C1. The van der Waals surface area contributed by atoms with Gasteiger partial charge >= 0.3 is 0 Å².